The maximum absolute atomic E-state index is 13.4. The Hall–Kier alpha value is -2.78. The maximum atomic E-state index is 13.4. The van der Waals surface area contributed by atoms with Crippen LogP contribution in [-0.2, 0) is 60.0 Å². The molecule has 0 aromatic heterocycles. The summed E-state index contributed by atoms with van der Waals surface area (Å²) < 4.78 is 125. The van der Waals surface area contributed by atoms with Crippen LogP contribution in [0.15, 0.2) is 48.5 Å². The van der Waals surface area contributed by atoms with Gasteiger partial charge in [-0.2, -0.15) is 26.3 Å². The smallest absolute Gasteiger partial charge is 0.412 e. The molecule has 0 spiro atoms. The molecule has 0 radical (unpaired) electrons. The molecule has 0 bridgehead atoms. The summed E-state index contributed by atoms with van der Waals surface area (Å²) in [4.78, 5) is 23.5. The van der Waals surface area contributed by atoms with E-state index in [1.165, 1.54) is 38.1 Å². The van der Waals surface area contributed by atoms with Crippen LogP contribution >= 0.6 is 15.2 Å². The van der Waals surface area contributed by atoms with Gasteiger partial charge in [0.1, 0.15) is 0 Å². The largest absolute Gasteiger partial charge is 0.416 e. The molecule has 0 aliphatic heterocycles. The maximum Gasteiger partial charge on any atom is 0.416 e. The first-order chi connectivity index (χ1) is 23.9. The molecule has 4 rings (SSSR count). The average molecular weight is 805 g/mol. The Balaban J connectivity index is 0.000000360. The topological polar surface area (TPSA) is 161 Å². The molecular weight excluding hydrogens is 756 g/mol. The van der Waals surface area contributed by atoms with E-state index in [0.29, 0.717) is 11.1 Å². The van der Waals surface area contributed by atoms with Crippen LogP contribution in [0.2, 0.25) is 0 Å². The van der Waals surface area contributed by atoms with Crippen LogP contribution in [-0.4, -0.2) is 54.3 Å². The number of hydrogen-bond acceptors (Lipinski definition) is 8. The van der Waals surface area contributed by atoms with Crippen molar-refractivity contribution < 1.29 is 68.6 Å². The Kier molecular flexibility index (Phi) is 14.5. The predicted molar refractivity (Wildman–Crippen MR) is 185 cm³/mol. The molecule has 2 aliphatic carbocycles. The number of carbonyl (C=O) groups is 2. The van der Waals surface area contributed by atoms with Gasteiger partial charge in [-0.15, -0.1) is 0 Å². The zero-order valence-electron chi connectivity index (χ0n) is 30.8. The fourth-order valence-corrected chi connectivity index (χ4v) is 12.2. The number of benzene rings is 2. The van der Waals surface area contributed by atoms with Crippen molar-refractivity contribution in [2.24, 2.45) is 0 Å². The lowest BCUT2D eigenvalue weighted by atomic mass is 9.96. The quantitative estimate of drug-likeness (QED) is 0.143. The summed E-state index contributed by atoms with van der Waals surface area (Å²) in [7, 11) is -7.50. The lowest BCUT2D eigenvalue weighted by molar-refractivity contribution is -0.138. The average Bonchev–Trinajstić information content (AvgIpc) is 3.87. The highest BCUT2D eigenvalue weighted by molar-refractivity contribution is 7.56. The second-order valence-corrected chi connectivity index (χ2v) is 17.5. The molecule has 4 atom stereocenters. The molecule has 0 heterocycles. The fraction of sp³-hybridized carbons (Fsp3) is 0.588. The van der Waals surface area contributed by atoms with Crippen LogP contribution in [0.25, 0.3) is 0 Å². The van der Waals surface area contributed by atoms with Crippen molar-refractivity contribution in [2.45, 2.75) is 102 Å². The van der Waals surface area contributed by atoms with Crippen molar-refractivity contribution in [3.8, 4) is 0 Å². The minimum atomic E-state index is -4.44. The number of hydrogen-bond donors (Lipinski definition) is 2. The standard InChI is InChI=1S/2C17H23F3NO4P.H2O/c2*1-5-24-26(23,25-6-2)16(21-12(3)22)11-15(16,4)13-7-9-14(10-8-13)17(18,19)20;/h2*7-10H,5-6,11H2,1-4H3,(H,21,22);1H2/t2*15-,16-;/m10./s1. The molecule has 11 nitrogen and oxygen atoms in total. The number of halogens is 6. The van der Waals surface area contributed by atoms with Crippen molar-refractivity contribution in [3.05, 3.63) is 70.8 Å². The zero-order valence-corrected chi connectivity index (χ0v) is 32.6. The van der Waals surface area contributed by atoms with Gasteiger partial charge in [-0.25, -0.2) is 0 Å². The molecule has 300 valence electrons. The van der Waals surface area contributed by atoms with Gasteiger partial charge in [0, 0.05) is 24.7 Å². The highest BCUT2D eigenvalue weighted by atomic mass is 31.2. The third kappa shape index (κ3) is 8.87. The zero-order chi connectivity index (χ0) is 39.6. The third-order valence-corrected chi connectivity index (χ3v) is 15.2. The SMILES string of the molecule is CCOP(=O)(OCC)[C@@]1(NC(C)=O)C[C@@]1(C)c1ccc(C(F)(F)F)cc1.CCOP(=O)(OCC)[C@]1(NC(C)=O)C[C@]1(C)c1ccc(C(F)(F)F)cc1.O. The Bertz CT molecular complexity index is 1550. The summed E-state index contributed by atoms with van der Waals surface area (Å²) in [6, 6.07) is 9.27. The molecule has 0 saturated heterocycles. The molecule has 2 amide bonds. The van der Waals surface area contributed by atoms with E-state index in [1.54, 1.807) is 41.5 Å². The Morgan fingerprint density at radius 1 is 0.604 bits per heavy atom. The van der Waals surface area contributed by atoms with Crippen LogP contribution in [0.5, 0.6) is 0 Å². The number of nitrogens with one attached hydrogen (secondary N) is 2. The molecule has 19 heteroatoms. The minimum absolute atomic E-state index is 0. The summed E-state index contributed by atoms with van der Waals surface area (Å²) in [6.45, 7) is 13.1. The normalized spacial score (nSPS) is 25.3. The van der Waals surface area contributed by atoms with E-state index < -0.39 is 71.9 Å². The highest BCUT2D eigenvalue weighted by Gasteiger charge is 2.78. The van der Waals surface area contributed by atoms with Crippen molar-refractivity contribution in [2.75, 3.05) is 26.4 Å². The van der Waals surface area contributed by atoms with Gasteiger partial charge < -0.3 is 34.2 Å². The van der Waals surface area contributed by atoms with Crippen molar-refractivity contribution >= 4 is 27.0 Å². The Labute approximate surface area is 305 Å². The first kappa shape index (κ1) is 46.4. The molecule has 2 aliphatic rings. The van der Waals surface area contributed by atoms with E-state index in [4.69, 9.17) is 18.1 Å². The van der Waals surface area contributed by atoms with Gasteiger partial charge in [0.2, 0.25) is 11.8 Å². The lowest BCUT2D eigenvalue weighted by Crippen LogP contribution is -2.42. The van der Waals surface area contributed by atoms with Gasteiger partial charge >= 0.3 is 27.5 Å². The van der Waals surface area contributed by atoms with Gasteiger partial charge in [-0.3, -0.25) is 18.7 Å². The van der Waals surface area contributed by atoms with Gasteiger partial charge in [0.25, 0.3) is 0 Å². The first-order valence-corrected chi connectivity index (χ1v) is 19.7. The summed E-state index contributed by atoms with van der Waals surface area (Å²) >= 11 is 0. The number of carbonyl (C=O) groups excluding carboxylic acids is 2. The fourth-order valence-electron chi connectivity index (χ4n) is 6.75. The van der Waals surface area contributed by atoms with Gasteiger partial charge in [0.15, 0.2) is 10.6 Å². The summed E-state index contributed by atoms with van der Waals surface area (Å²) in [5, 5.41) is 2.78. The molecular formula is C34H48F6N2O9P2. The van der Waals surface area contributed by atoms with Gasteiger partial charge in [-0.05, 0) is 75.9 Å². The van der Waals surface area contributed by atoms with E-state index in [-0.39, 0.29) is 44.7 Å². The first-order valence-electron chi connectivity index (χ1n) is 16.6. The van der Waals surface area contributed by atoms with Crippen LogP contribution in [0.1, 0.15) is 90.5 Å². The summed E-state index contributed by atoms with van der Waals surface area (Å²) in [5.74, 6) is -0.833. The molecule has 2 fully saturated rings. The second kappa shape index (κ2) is 16.5. The number of amides is 2. The van der Waals surface area contributed by atoms with E-state index >= 15 is 0 Å². The molecule has 53 heavy (non-hydrogen) atoms. The van der Waals surface area contributed by atoms with E-state index in [1.807, 2.05) is 0 Å². The van der Waals surface area contributed by atoms with Gasteiger partial charge in [0.05, 0.1) is 37.6 Å². The minimum Gasteiger partial charge on any atom is -0.412 e. The molecule has 2 aromatic rings. The van der Waals surface area contributed by atoms with E-state index in [9.17, 15) is 45.1 Å². The van der Waals surface area contributed by atoms with Crippen molar-refractivity contribution in [1.29, 1.82) is 0 Å². The second-order valence-electron chi connectivity index (χ2n) is 12.9. The van der Waals surface area contributed by atoms with E-state index in [0.717, 1.165) is 24.3 Å². The molecule has 2 saturated carbocycles. The van der Waals surface area contributed by atoms with Crippen LogP contribution in [0.4, 0.5) is 26.3 Å². The number of rotatable bonds is 14. The van der Waals surface area contributed by atoms with Crippen LogP contribution in [0, 0.1) is 0 Å². The molecule has 4 N–H and O–H groups in total. The number of alkyl halides is 6. The molecule has 0 unspecified atom stereocenters. The highest BCUT2D eigenvalue weighted by Crippen LogP contribution is 2.79. The van der Waals surface area contributed by atoms with Crippen molar-refractivity contribution in [3.63, 3.8) is 0 Å². The van der Waals surface area contributed by atoms with E-state index in [2.05, 4.69) is 10.6 Å². The monoisotopic (exact) mass is 804 g/mol. The van der Waals surface area contributed by atoms with Crippen molar-refractivity contribution in [1.82, 2.24) is 10.6 Å². The Morgan fingerprint density at radius 3 is 1.04 bits per heavy atom. The summed E-state index contributed by atoms with van der Waals surface area (Å²) in [5.41, 5.74) is -2.23. The van der Waals surface area contributed by atoms with Gasteiger partial charge in [-0.1, -0.05) is 38.1 Å². The Morgan fingerprint density at radius 2 is 0.849 bits per heavy atom. The summed E-state index contributed by atoms with van der Waals surface area (Å²) in [6.07, 6.45) is -8.41. The third-order valence-electron chi connectivity index (χ3n) is 9.39. The lowest BCUT2D eigenvalue weighted by Gasteiger charge is -2.31. The van der Waals surface area contributed by atoms with Crippen LogP contribution < -0.4 is 10.6 Å². The molecule has 2 aromatic carbocycles. The predicted octanol–water partition coefficient (Wildman–Crippen LogP) is 8.11. The van der Waals surface area contributed by atoms with Crippen LogP contribution in [0.3, 0.4) is 0 Å².